The molecular formula is C15H24O4. The zero-order valence-corrected chi connectivity index (χ0v) is 11.9. The summed E-state index contributed by atoms with van der Waals surface area (Å²) in [4.78, 5) is 11.8. The smallest absolute Gasteiger partial charge is 0.166 e. The highest BCUT2D eigenvalue weighted by Gasteiger charge is 2.22. The van der Waals surface area contributed by atoms with Gasteiger partial charge in [0.25, 0.3) is 0 Å². The summed E-state index contributed by atoms with van der Waals surface area (Å²) in [7, 11) is 0. The van der Waals surface area contributed by atoms with Crippen LogP contribution in [0, 0.1) is 11.8 Å². The van der Waals surface area contributed by atoms with Crippen molar-refractivity contribution in [3.05, 3.63) is 24.2 Å². The largest absolute Gasteiger partial charge is 0.472 e. The Morgan fingerprint density at radius 1 is 1.32 bits per heavy atom. The lowest BCUT2D eigenvalue weighted by molar-refractivity contribution is -0.0196. The van der Waals surface area contributed by atoms with Gasteiger partial charge in [-0.2, -0.15) is 0 Å². The first-order valence-electron chi connectivity index (χ1n) is 6.83. The number of hydrogen-bond donors (Lipinski definition) is 2. The highest BCUT2D eigenvalue weighted by Crippen LogP contribution is 2.19. The second-order valence-corrected chi connectivity index (χ2v) is 5.62. The van der Waals surface area contributed by atoms with Crippen molar-refractivity contribution in [2.75, 3.05) is 0 Å². The number of ketones is 1. The molecule has 0 fully saturated rings. The molecule has 1 aromatic rings. The number of hydrogen-bond acceptors (Lipinski definition) is 4. The van der Waals surface area contributed by atoms with Gasteiger partial charge in [-0.25, -0.2) is 0 Å². The standard InChI is InChI=1S/C15H24O4/c1-10(2)15(18)14(17)8-11(3)4-5-13(16)12-6-7-19-9-12/h6-7,9-11,14-15,17-18H,4-5,8H2,1-3H3. The van der Waals surface area contributed by atoms with E-state index in [1.807, 2.05) is 20.8 Å². The second kappa shape index (κ2) is 7.46. The molecule has 3 unspecified atom stereocenters. The molecule has 0 saturated heterocycles. The van der Waals surface area contributed by atoms with Crippen LogP contribution in [0.3, 0.4) is 0 Å². The lowest BCUT2D eigenvalue weighted by Gasteiger charge is -2.23. The van der Waals surface area contributed by atoms with Crippen molar-refractivity contribution in [1.82, 2.24) is 0 Å². The minimum absolute atomic E-state index is 0.0368. The summed E-state index contributed by atoms with van der Waals surface area (Å²) >= 11 is 0. The van der Waals surface area contributed by atoms with Crippen LogP contribution < -0.4 is 0 Å². The molecule has 1 heterocycles. The van der Waals surface area contributed by atoms with Crippen LogP contribution >= 0.6 is 0 Å². The molecule has 0 aliphatic carbocycles. The van der Waals surface area contributed by atoms with E-state index >= 15 is 0 Å². The van der Waals surface area contributed by atoms with Crippen molar-refractivity contribution < 1.29 is 19.4 Å². The molecule has 1 rings (SSSR count). The third-order valence-corrected chi connectivity index (χ3v) is 3.43. The fourth-order valence-corrected chi connectivity index (χ4v) is 2.06. The minimum Gasteiger partial charge on any atom is -0.472 e. The average Bonchev–Trinajstić information content (AvgIpc) is 2.88. The maximum atomic E-state index is 11.8. The van der Waals surface area contributed by atoms with Crippen LogP contribution in [0.2, 0.25) is 0 Å². The molecule has 3 atom stereocenters. The van der Waals surface area contributed by atoms with Crippen molar-refractivity contribution in [2.45, 2.75) is 52.2 Å². The van der Waals surface area contributed by atoms with Gasteiger partial charge >= 0.3 is 0 Å². The molecule has 108 valence electrons. The quantitative estimate of drug-likeness (QED) is 0.711. The summed E-state index contributed by atoms with van der Waals surface area (Å²) in [6.45, 7) is 5.74. The van der Waals surface area contributed by atoms with Gasteiger partial charge in [0, 0.05) is 6.42 Å². The molecule has 0 aliphatic rings. The number of Topliss-reactive ketones (excluding diaryl/α,β-unsaturated/α-hetero) is 1. The highest BCUT2D eigenvalue weighted by molar-refractivity contribution is 5.95. The lowest BCUT2D eigenvalue weighted by Crippen LogP contribution is -2.32. The van der Waals surface area contributed by atoms with Crippen LogP contribution in [-0.2, 0) is 0 Å². The second-order valence-electron chi connectivity index (χ2n) is 5.62. The summed E-state index contributed by atoms with van der Waals surface area (Å²) in [5.74, 6) is 0.286. The molecule has 4 nitrogen and oxygen atoms in total. The first kappa shape index (κ1) is 15.9. The third-order valence-electron chi connectivity index (χ3n) is 3.43. The Balaban J connectivity index is 2.32. The number of carbonyl (C=O) groups is 1. The van der Waals surface area contributed by atoms with Gasteiger partial charge in [0.2, 0.25) is 0 Å². The zero-order chi connectivity index (χ0) is 14.4. The summed E-state index contributed by atoms with van der Waals surface area (Å²) in [6.07, 6.45) is 3.16. The fourth-order valence-electron chi connectivity index (χ4n) is 2.06. The average molecular weight is 268 g/mol. The SMILES string of the molecule is CC(CCC(=O)c1ccoc1)CC(O)C(O)C(C)C. The van der Waals surface area contributed by atoms with Crippen LogP contribution in [-0.4, -0.2) is 28.2 Å². The Labute approximate surface area is 114 Å². The van der Waals surface area contributed by atoms with Gasteiger partial charge in [-0.1, -0.05) is 20.8 Å². The van der Waals surface area contributed by atoms with E-state index in [-0.39, 0.29) is 17.6 Å². The van der Waals surface area contributed by atoms with Gasteiger partial charge in [0.05, 0.1) is 24.0 Å². The summed E-state index contributed by atoms with van der Waals surface area (Å²) in [5.41, 5.74) is 0.593. The molecule has 19 heavy (non-hydrogen) atoms. The highest BCUT2D eigenvalue weighted by atomic mass is 16.3. The summed E-state index contributed by atoms with van der Waals surface area (Å²) in [6, 6.07) is 1.66. The summed E-state index contributed by atoms with van der Waals surface area (Å²) in [5, 5.41) is 19.6. The Bertz CT molecular complexity index is 370. The van der Waals surface area contributed by atoms with Crippen LogP contribution in [0.25, 0.3) is 0 Å². The maximum absolute atomic E-state index is 11.8. The molecule has 1 aromatic heterocycles. The van der Waals surface area contributed by atoms with Gasteiger partial charge in [-0.15, -0.1) is 0 Å². The van der Waals surface area contributed by atoms with Crippen molar-refractivity contribution in [1.29, 1.82) is 0 Å². The van der Waals surface area contributed by atoms with Gasteiger partial charge in [-0.05, 0) is 30.7 Å². The van der Waals surface area contributed by atoms with E-state index in [1.54, 1.807) is 6.07 Å². The van der Waals surface area contributed by atoms with E-state index in [2.05, 4.69) is 0 Å². The Hall–Kier alpha value is -1.13. The van der Waals surface area contributed by atoms with Gasteiger partial charge in [0.15, 0.2) is 5.78 Å². The molecular weight excluding hydrogens is 244 g/mol. The number of carbonyl (C=O) groups excluding carboxylic acids is 1. The van der Waals surface area contributed by atoms with E-state index in [0.29, 0.717) is 24.8 Å². The van der Waals surface area contributed by atoms with Crippen LogP contribution in [0.1, 0.15) is 50.4 Å². The van der Waals surface area contributed by atoms with E-state index in [0.717, 1.165) is 0 Å². The van der Waals surface area contributed by atoms with Gasteiger partial charge < -0.3 is 14.6 Å². The predicted molar refractivity (Wildman–Crippen MR) is 72.9 cm³/mol. The van der Waals surface area contributed by atoms with E-state index in [9.17, 15) is 15.0 Å². The van der Waals surface area contributed by atoms with Crippen molar-refractivity contribution in [2.24, 2.45) is 11.8 Å². The Morgan fingerprint density at radius 3 is 2.53 bits per heavy atom. The molecule has 4 heteroatoms. The van der Waals surface area contributed by atoms with Crippen LogP contribution in [0.4, 0.5) is 0 Å². The zero-order valence-electron chi connectivity index (χ0n) is 11.9. The molecule has 0 saturated carbocycles. The number of aliphatic hydroxyl groups excluding tert-OH is 2. The normalized spacial score (nSPS) is 16.3. The fraction of sp³-hybridized carbons (Fsp3) is 0.667. The molecule has 0 aliphatic heterocycles. The van der Waals surface area contributed by atoms with Crippen LogP contribution in [0.15, 0.2) is 23.0 Å². The van der Waals surface area contributed by atoms with E-state index in [1.165, 1.54) is 12.5 Å². The molecule has 0 aromatic carbocycles. The van der Waals surface area contributed by atoms with Crippen molar-refractivity contribution in [3.63, 3.8) is 0 Å². The number of rotatable bonds is 8. The third kappa shape index (κ3) is 5.17. The topological polar surface area (TPSA) is 70.7 Å². The first-order chi connectivity index (χ1) is 8.91. The Kier molecular flexibility index (Phi) is 6.25. The van der Waals surface area contributed by atoms with E-state index in [4.69, 9.17) is 4.42 Å². The first-order valence-corrected chi connectivity index (χ1v) is 6.83. The predicted octanol–water partition coefficient (Wildman–Crippen LogP) is 2.65. The molecule has 0 radical (unpaired) electrons. The van der Waals surface area contributed by atoms with E-state index < -0.39 is 12.2 Å². The van der Waals surface area contributed by atoms with Gasteiger partial charge in [-0.3, -0.25) is 4.79 Å². The summed E-state index contributed by atoms with van der Waals surface area (Å²) < 4.78 is 4.87. The monoisotopic (exact) mass is 268 g/mol. The minimum atomic E-state index is -0.723. The maximum Gasteiger partial charge on any atom is 0.166 e. The molecule has 0 amide bonds. The molecule has 2 N–H and O–H groups in total. The van der Waals surface area contributed by atoms with Crippen molar-refractivity contribution in [3.8, 4) is 0 Å². The van der Waals surface area contributed by atoms with Crippen LogP contribution in [0.5, 0.6) is 0 Å². The molecule has 0 spiro atoms. The molecule has 0 bridgehead atoms. The number of furan rings is 1. The Morgan fingerprint density at radius 2 is 2.00 bits per heavy atom. The number of aliphatic hydroxyl groups is 2. The van der Waals surface area contributed by atoms with Crippen molar-refractivity contribution >= 4 is 5.78 Å². The van der Waals surface area contributed by atoms with Gasteiger partial charge in [0.1, 0.15) is 6.26 Å². The lowest BCUT2D eigenvalue weighted by atomic mass is 9.91.